The largest absolute Gasteiger partial charge is 0.496 e. The lowest BCUT2D eigenvalue weighted by Gasteiger charge is -2.26. The Morgan fingerprint density at radius 3 is 1.97 bits per heavy atom. The summed E-state index contributed by atoms with van der Waals surface area (Å²) < 4.78 is 5.77. The number of fused-ring (bicyclic) bond motifs is 1. The number of benzene rings is 2. The molecule has 0 spiro atoms. The van der Waals surface area contributed by atoms with Crippen molar-refractivity contribution in [1.29, 1.82) is 0 Å². The lowest BCUT2D eigenvalue weighted by molar-refractivity contribution is -0.121. The number of unbranched alkanes of at least 4 members (excludes halogenated alkanes) is 12. The normalized spacial score (nSPS) is 11.7. The Labute approximate surface area is 215 Å². The van der Waals surface area contributed by atoms with Gasteiger partial charge in [0.15, 0.2) is 0 Å². The standard InChI is InChI=1S/C32H51NO2/c1-5-6-7-8-9-10-11-12-13-14-15-16-17-22-30(34)33-26-32(2,3)25-28-24-23-27-20-18-19-21-29(27)31(28)35-4/h18-21,23-24H,5-17,22,25-26H2,1-4H3,(H,33,34). The number of ether oxygens (including phenoxy) is 1. The molecule has 0 heterocycles. The maximum atomic E-state index is 12.4. The van der Waals surface area contributed by atoms with Gasteiger partial charge in [0.25, 0.3) is 0 Å². The monoisotopic (exact) mass is 481 g/mol. The van der Waals surface area contributed by atoms with Crippen LogP contribution in [0.3, 0.4) is 0 Å². The van der Waals surface area contributed by atoms with Gasteiger partial charge < -0.3 is 10.1 Å². The molecule has 0 aromatic heterocycles. The molecule has 0 saturated heterocycles. The molecule has 0 aliphatic carbocycles. The maximum absolute atomic E-state index is 12.4. The van der Waals surface area contributed by atoms with Crippen molar-refractivity contribution < 1.29 is 9.53 Å². The fourth-order valence-corrected chi connectivity index (χ4v) is 4.98. The molecule has 0 unspecified atom stereocenters. The highest BCUT2D eigenvalue weighted by Gasteiger charge is 2.22. The van der Waals surface area contributed by atoms with E-state index in [2.05, 4.69) is 62.5 Å². The fourth-order valence-electron chi connectivity index (χ4n) is 4.98. The number of hydrogen-bond acceptors (Lipinski definition) is 2. The van der Waals surface area contributed by atoms with Crippen molar-refractivity contribution in [3.8, 4) is 5.75 Å². The SMILES string of the molecule is CCCCCCCCCCCCCCCC(=O)NCC(C)(C)Cc1ccc2ccccc2c1OC. The van der Waals surface area contributed by atoms with Crippen LogP contribution in [0.5, 0.6) is 5.75 Å². The third-order valence-corrected chi connectivity index (χ3v) is 7.11. The third-order valence-electron chi connectivity index (χ3n) is 7.11. The Morgan fingerprint density at radius 1 is 0.800 bits per heavy atom. The van der Waals surface area contributed by atoms with Gasteiger partial charge in [-0.05, 0) is 29.2 Å². The van der Waals surface area contributed by atoms with E-state index in [9.17, 15) is 4.79 Å². The van der Waals surface area contributed by atoms with Crippen LogP contribution in [0.25, 0.3) is 10.8 Å². The lowest BCUT2D eigenvalue weighted by atomic mass is 9.84. The molecule has 0 bridgehead atoms. The molecule has 3 heteroatoms. The van der Waals surface area contributed by atoms with Crippen LogP contribution in [0.15, 0.2) is 36.4 Å². The van der Waals surface area contributed by atoms with Crippen molar-refractivity contribution in [2.45, 2.75) is 117 Å². The topological polar surface area (TPSA) is 38.3 Å². The summed E-state index contributed by atoms with van der Waals surface area (Å²) in [5.74, 6) is 1.14. The smallest absolute Gasteiger partial charge is 0.220 e. The molecule has 1 amide bonds. The Balaban J connectivity index is 1.57. The minimum Gasteiger partial charge on any atom is -0.496 e. The average Bonchev–Trinajstić information content (AvgIpc) is 2.85. The second kappa shape index (κ2) is 16.6. The Hall–Kier alpha value is -2.03. The molecule has 0 fully saturated rings. The summed E-state index contributed by atoms with van der Waals surface area (Å²) >= 11 is 0. The first-order chi connectivity index (χ1) is 17.0. The zero-order chi connectivity index (χ0) is 25.4. The average molecular weight is 482 g/mol. The molecule has 0 aliphatic rings. The van der Waals surface area contributed by atoms with E-state index in [1.807, 2.05) is 0 Å². The first-order valence-electron chi connectivity index (χ1n) is 14.3. The van der Waals surface area contributed by atoms with Crippen molar-refractivity contribution in [2.24, 2.45) is 5.41 Å². The number of amides is 1. The number of methoxy groups -OCH3 is 1. The Kier molecular flexibility index (Phi) is 13.9. The van der Waals surface area contributed by atoms with Crippen LogP contribution in [0.1, 0.15) is 116 Å². The zero-order valence-corrected chi connectivity index (χ0v) is 23.1. The van der Waals surface area contributed by atoms with E-state index in [0.29, 0.717) is 13.0 Å². The molecular weight excluding hydrogens is 430 g/mol. The van der Waals surface area contributed by atoms with Gasteiger partial charge >= 0.3 is 0 Å². The van der Waals surface area contributed by atoms with Gasteiger partial charge in [0.2, 0.25) is 5.91 Å². The molecule has 2 aromatic carbocycles. The van der Waals surface area contributed by atoms with Crippen LogP contribution < -0.4 is 10.1 Å². The molecule has 3 nitrogen and oxygen atoms in total. The van der Waals surface area contributed by atoms with E-state index in [-0.39, 0.29) is 11.3 Å². The number of hydrogen-bond donors (Lipinski definition) is 1. The molecule has 1 N–H and O–H groups in total. The van der Waals surface area contributed by atoms with Gasteiger partial charge in [-0.1, -0.05) is 134 Å². The summed E-state index contributed by atoms with van der Waals surface area (Å²) in [4.78, 5) is 12.4. The van der Waals surface area contributed by atoms with Gasteiger partial charge in [-0.25, -0.2) is 0 Å². The van der Waals surface area contributed by atoms with Crippen LogP contribution >= 0.6 is 0 Å². The minimum atomic E-state index is -0.0403. The molecule has 0 radical (unpaired) electrons. The van der Waals surface area contributed by atoms with E-state index in [1.165, 1.54) is 88.0 Å². The third kappa shape index (κ3) is 11.5. The van der Waals surface area contributed by atoms with Gasteiger partial charge in [-0.15, -0.1) is 0 Å². The lowest BCUT2D eigenvalue weighted by Crippen LogP contribution is -2.35. The van der Waals surface area contributed by atoms with Crippen molar-refractivity contribution in [3.63, 3.8) is 0 Å². The zero-order valence-electron chi connectivity index (χ0n) is 23.1. The molecule has 0 saturated carbocycles. The van der Waals surface area contributed by atoms with Crippen LogP contribution in [-0.4, -0.2) is 19.6 Å². The first kappa shape index (κ1) is 29.2. The molecule has 0 aliphatic heterocycles. The summed E-state index contributed by atoms with van der Waals surface area (Å²) in [7, 11) is 1.75. The fraction of sp³-hybridized carbons (Fsp3) is 0.656. The van der Waals surface area contributed by atoms with E-state index < -0.39 is 0 Å². The second-order valence-electron chi connectivity index (χ2n) is 11.1. The van der Waals surface area contributed by atoms with Crippen LogP contribution in [0.4, 0.5) is 0 Å². The van der Waals surface area contributed by atoms with Gasteiger partial charge in [0.05, 0.1) is 7.11 Å². The number of rotatable bonds is 19. The molecular formula is C32H51NO2. The highest BCUT2D eigenvalue weighted by molar-refractivity contribution is 5.89. The Bertz CT molecular complexity index is 858. The minimum absolute atomic E-state index is 0.0403. The van der Waals surface area contributed by atoms with Gasteiger partial charge in [0.1, 0.15) is 5.75 Å². The van der Waals surface area contributed by atoms with Gasteiger partial charge in [0, 0.05) is 18.4 Å². The number of nitrogens with one attached hydrogen (secondary N) is 1. The van der Waals surface area contributed by atoms with Crippen molar-refractivity contribution in [3.05, 3.63) is 42.0 Å². The summed E-state index contributed by atoms with van der Waals surface area (Å²) in [5.41, 5.74) is 1.16. The molecule has 35 heavy (non-hydrogen) atoms. The second-order valence-corrected chi connectivity index (χ2v) is 11.1. The van der Waals surface area contributed by atoms with E-state index >= 15 is 0 Å². The number of carbonyl (C=O) groups is 1. The highest BCUT2D eigenvalue weighted by Crippen LogP contribution is 2.33. The molecule has 2 aromatic rings. The Morgan fingerprint density at radius 2 is 1.37 bits per heavy atom. The van der Waals surface area contributed by atoms with Gasteiger partial charge in [-0.2, -0.15) is 0 Å². The predicted octanol–water partition coefficient (Wildman–Crippen LogP) is 9.01. The summed E-state index contributed by atoms with van der Waals surface area (Å²) in [6.45, 7) is 7.39. The van der Waals surface area contributed by atoms with Gasteiger partial charge in [-0.3, -0.25) is 4.79 Å². The van der Waals surface area contributed by atoms with Crippen LogP contribution in [0, 0.1) is 5.41 Å². The molecule has 2 rings (SSSR count). The van der Waals surface area contributed by atoms with Crippen molar-refractivity contribution in [1.82, 2.24) is 5.32 Å². The van der Waals surface area contributed by atoms with E-state index in [1.54, 1.807) is 7.11 Å². The van der Waals surface area contributed by atoms with E-state index in [0.717, 1.165) is 24.0 Å². The van der Waals surface area contributed by atoms with E-state index in [4.69, 9.17) is 4.74 Å². The highest BCUT2D eigenvalue weighted by atomic mass is 16.5. The molecule has 0 atom stereocenters. The molecule has 196 valence electrons. The number of carbonyl (C=O) groups excluding carboxylic acids is 1. The maximum Gasteiger partial charge on any atom is 0.220 e. The van der Waals surface area contributed by atoms with Crippen LogP contribution in [0.2, 0.25) is 0 Å². The first-order valence-corrected chi connectivity index (χ1v) is 14.3. The summed E-state index contributed by atoms with van der Waals surface area (Å²) in [5, 5.41) is 5.52. The predicted molar refractivity (Wildman–Crippen MR) is 151 cm³/mol. The van der Waals surface area contributed by atoms with Crippen LogP contribution in [-0.2, 0) is 11.2 Å². The summed E-state index contributed by atoms with van der Waals surface area (Å²) in [6.07, 6.45) is 18.8. The van der Waals surface area contributed by atoms with Crippen molar-refractivity contribution in [2.75, 3.05) is 13.7 Å². The summed E-state index contributed by atoms with van der Waals surface area (Å²) in [6, 6.07) is 12.7. The quantitative estimate of drug-likeness (QED) is 0.203. The van der Waals surface area contributed by atoms with Crippen molar-refractivity contribution >= 4 is 16.7 Å².